The summed E-state index contributed by atoms with van der Waals surface area (Å²) in [6.45, 7) is 4.81. The van der Waals surface area contributed by atoms with Crippen LogP contribution in [-0.4, -0.2) is 38.7 Å². The number of rotatable bonds is 8. The van der Waals surface area contributed by atoms with Gasteiger partial charge in [-0.05, 0) is 24.1 Å². The van der Waals surface area contributed by atoms with Crippen LogP contribution >= 0.6 is 0 Å². The standard InChI is InChI=1S/C21H29N3O2/c1-5-22-21(23-14-17-10-6-7-12-19(17)16-25-3)24(2)15-18-11-8-9-13-20(18)26-4/h6-13H,5,14-16H2,1-4H3,(H,22,23). The van der Waals surface area contributed by atoms with E-state index in [4.69, 9.17) is 14.5 Å². The van der Waals surface area contributed by atoms with Gasteiger partial charge >= 0.3 is 0 Å². The van der Waals surface area contributed by atoms with Crippen LogP contribution < -0.4 is 10.1 Å². The van der Waals surface area contributed by atoms with Crippen LogP contribution in [0.1, 0.15) is 23.6 Å². The number of nitrogens with one attached hydrogen (secondary N) is 1. The van der Waals surface area contributed by atoms with E-state index >= 15 is 0 Å². The number of aliphatic imine (C=N–C) groups is 1. The molecule has 0 saturated heterocycles. The molecule has 0 unspecified atom stereocenters. The second kappa shape index (κ2) is 10.5. The molecular formula is C21H29N3O2. The molecule has 0 aliphatic heterocycles. The maximum absolute atomic E-state index is 5.46. The summed E-state index contributed by atoms with van der Waals surface area (Å²) in [6.07, 6.45) is 0. The first kappa shape index (κ1) is 19.8. The molecule has 2 aromatic carbocycles. The Morgan fingerprint density at radius 1 is 1.00 bits per heavy atom. The van der Waals surface area contributed by atoms with Gasteiger partial charge in [0.2, 0.25) is 0 Å². The summed E-state index contributed by atoms with van der Waals surface area (Å²) in [4.78, 5) is 6.92. The lowest BCUT2D eigenvalue weighted by Crippen LogP contribution is -2.38. The number of guanidine groups is 1. The number of para-hydroxylation sites is 1. The molecule has 26 heavy (non-hydrogen) atoms. The first-order chi connectivity index (χ1) is 12.7. The minimum absolute atomic E-state index is 0.597. The molecule has 5 heteroatoms. The van der Waals surface area contributed by atoms with Gasteiger partial charge in [-0.3, -0.25) is 0 Å². The van der Waals surface area contributed by atoms with Crippen molar-refractivity contribution in [1.82, 2.24) is 10.2 Å². The van der Waals surface area contributed by atoms with Gasteiger partial charge in [0.1, 0.15) is 5.75 Å². The summed E-state index contributed by atoms with van der Waals surface area (Å²) in [6, 6.07) is 16.3. The molecule has 0 amide bonds. The van der Waals surface area contributed by atoms with Crippen LogP contribution in [0.15, 0.2) is 53.5 Å². The maximum atomic E-state index is 5.46. The molecule has 5 nitrogen and oxygen atoms in total. The molecule has 0 saturated carbocycles. The predicted octanol–water partition coefficient (Wildman–Crippen LogP) is 3.44. The Kier molecular flexibility index (Phi) is 7.96. The van der Waals surface area contributed by atoms with Crippen LogP contribution in [0.4, 0.5) is 0 Å². The zero-order valence-electron chi connectivity index (χ0n) is 16.2. The zero-order valence-corrected chi connectivity index (χ0v) is 16.2. The second-order valence-corrected chi connectivity index (χ2v) is 6.04. The highest BCUT2D eigenvalue weighted by Gasteiger charge is 2.10. The summed E-state index contributed by atoms with van der Waals surface area (Å²) in [7, 11) is 5.45. The largest absolute Gasteiger partial charge is 0.496 e. The van der Waals surface area contributed by atoms with Crippen molar-refractivity contribution < 1.29 is 9.47 Å². The van der Waals surface area contributed by atoms with Crippen molar-refractivity contribution >= 4 is 5.96 Å². The van der Waals surface area contributed by atoms with Gasteiger partial charge in [0.05, 0.1) is 20.3 Å². The normalized spacial score (nSPS) is 11.3. The Labute approximate surface area is 156 Å². The molecule has 0 aliphatic carbocycles. The van der Waals surface area contributed by atoms with Crippen LogP contribution in [0.3, 0.4) is 0 Å². The monoisotopic (exact) mass is 355 g/mol. The topological polar surface area (TPSA) is 46.1 Å². The fourth-order valence-corrected chi connectivity index (χ4v) is 2.80. The van der Waals surface area contributed by atoms with Crippen molar-refractivity contribution in [2.45, 2.75) is 26.6 Å². The molecular weight excluding hydrogens is 326 g/mol. The van der Waals surface area contributed by atoms with E-state index in [9.17, 15) is 0 Å². The number of hydrogen-bond donors (Lipinski definition) is 1. The summed E-state index contributed by atoms with van der Waals surface area (Å²) in [5, 5.41) is 3.37. The molecule has 0 spiro atoms. The Bertz CT molecular complexity index is 716. The summed E-state index contributed by atoms with van der Waals surface area (Å²) in [5.74, 6) is 1.76. The first-order valence-electron chi connectivity index (χ1n) is 8.86. The third kappa shape index (κ3) is 5.49. The number of hydrogen-bond acceptors (Lipinski definition) is 3. The first-order valence-corrected chi connectivity index (χ1v) is 8.86. The number of benzene rings is 2. The molecule has 0 radical (unpaired) electrons. The Balaban J connectivity index is 2.15. The van der Waals surface area contributed by atoms with Crippen LogP contribution in [0.2, 0.25) is 0 Å². The van der Waals surface area contributed by atoms with Gasteiger partial charge in [0.15, 0.2) is 5.96 Å². The van der Waals surface area contributed by atoms with Gasteiger partial charge in [-0.1, -0.05) is 42.5 Å². The Morgan fingerprint density at radius 3 is 2.31 bits per heavy atom. The molecule has 0 heterocycles. The summed E-state index contributed by atoms with van der Waals surface area (Å²) >= 11 is 0. The number of methoxy groups -OCH3 is 2. The summed E-state index contributed by atoms with van der Waals surface area (Å²) < 4.78 is 10.7. The number of ether oxygens (including phenoxy) is 2. The highest BCUT2D eigenvalue weighted by Crippen LogP contribution is 2.19. The summed E-state index contributed by atoms with van der Waals surface area (Å²) in [5.41, 5.74) is 3.47. The van der Waals surface area contributed by atoms with E-state index in [1.165, 1.54) is 11.1 Å². The average Bonchev–Trinajstić information content (AvgIpc) is 2.66. The predicted molar refractivity (Wildman–Crippen MR) is 106 cm³/mol. The highest BCUT2D eigenvalue weighted by atomic mass is 16.5. The fourth-order valence-electron chi connectivity index (χ4n) is 2.80. The zero-order chi connectivity index (χ0) is 18.8. The van der Waals surface area contributed by atoms with E-state index in [-0.39, 0.29) is 0 Å². The van der Waals surface area contributed by atoms with Gasteiger partial charge in [-0.15, -0.1) is 0 Å². The molecule has 2 aromatic rings. The lowest BCUT2D eigenvalue weighted by Gasteiger charge is -2.23. The van der Waals surface area contributed by atoms with E-state index in [1.54, 1.807) is 14.2 Å². The molecule has 1 N–H and O–H groups in total. The molecule has 0 fully saturated rings. The van der Waals surface area contributed by atoms with E-state index < -0.39 is 0 Å². The SMILES string of the molecule is CCNC(=NCc1ccccc1COC)N(C)Cc1ccccc1OC. The van der Waals surface area contributed by atoms with Crippen LogP contribution in [0.25, 0.3) is 0 Å². The van der Waals surface area contributed by atoms with Crippen molar-refractivity contribution in [2.75, 3.05) is 27.8 Å². The molecule has 0 aromatic heterocycles. The second-order valence-electron chi connectivity index (χ2n) is 6.04. The lowest BCUT2D eigenvalue weighted by atomic mass is 10.1. The van der Waals surface area contributed by atoms with Gasteiger partial charge in [0, 0.05) is 32.8 Å². The van der Waals surface area contributed by atoms with Crippen molar-refractivity contribution in [3.63, 3.8) is 0 Å². The highest BCUT2D eigenvalue weighted by molar-refractivity contribution is 5.79. The van der Waals surface area contributed by atoms with E-state index in [0.29, 0.717) is 13.2 Å². The van der Waals surface area contributed by atoms with Crippen LogP contribution in [-0.2, 0) is 24.4 Å². The van der Waals surface area contributed by atoms with E-state index in [0.717, 1.165) is 30.4 Å². The molecule has 2 rings (SSSR count). The van der Waals surface area contributed by atoms with Gasteiger partial charge in [-0.2, -0.15) is 0 Å². The fraction of sp³-hybridized carbons (Fsp3) is 0.381. The van der Waals surface area contributed by atoms with E-state index in [1.807, 2.05) is 37.4 Å². The van der Waals surface area contributed by atoms with Crippen molar-refractivity contribution in [2.24, 2.45) is 4.99 Å². The van der Waals surface area contributed by atoms with Crippen LogP contribution in [0, 0.1) is 0 Å². The van der Waals surface area contributed by atoms with Crippen molar-refractivity contribution in [3.05, 3.63) is 65.2 Å². The molecule has 0 bridgehead atoms. The van der Waals surface area contributed by atoms with Gasteiger partial charge in [-0.25, -0.2) is 4.99 Å². The molecule has 140 valence electrons. The third-order valence-electron chi connectivity index (χ3n) is 4.11. The smallest absolute Gasteiger partial charge is 0.194 e. The number of nitrogens with zero attached hydrogens (tertiary/aromatic N) is 2. The van der Waals surface area contributed by atoms with Crippen molar-refractivity contribution in [1.29, 1.82) is 0 Å². The van der Waals surface area contributed by atoms with E-state index in [2.05, 4.69) is 35.3 Å². The minimum Gasteiger partial charge on any atom is -0.496 e. The van der Waals surface area contributed by atoms with Crippen LogP contribution in [0.5, 0.6) is 5.75 Å². The third-order valence-corrected chi connectivity index (χ3v) is 4.11. The lowest BCUT2D eigenvalue weighted by molar-refractivity contribution is 0.184. The maximum Gasteiger partial charge on any atom is 0.194 e. The Morgan fingerprint density at radius 2 is 1.65 bits per heavy atom. The van der Waals surface area contributed by atoms with Gasteiger partial charge in [0.25, 0.3) is 0 Å². The molecule has 0 aliphatic rings. The minimum atomic E-state index is 0.597. The Hall–Kier alpha value is -2.53. The average molecular weight is 355 g/mol. The van der Waals surface area contributed by atoms with Crippen molar-refractivity contribution in [3.8, 4) is 5.75 Å². The van der Waals surface area contributed by atoms with Gasteiger partial charge < -0.3 is 19.7 Å². The molecule has 0 atom stereocenters. The quantitative estimate of drug-likeness (QED) is 0.582.